The molecule has 0 spiro atoms. The van der Waals surface area contributed by atoms with Crippen LogP contribution in [0.5, 0.6) is 0 Å². The molecule has 8 nitrogen and oxygen atoms in total. The third-order valence-electron chi connectivity index (χ3n) is 3.77. The lowest BCUT2D eigenvalue weighted by Crippen LogP contribution is -2.24. The maximum atomic E-state index is 12.4. The minimum Gasteiger partial charge on any atom is -0.293 e. The van der Waals surface area contributed by atoms with Crippen molar-refractivity contribution in [2.45, 2.75) is 18.1 Å². The van der Waals surface area contributed by atoms with Gasteiger partial charge in [-0.2, -0.15) is 0 Å². The molecule has 0 atom stereocenters. The van der Waals surface area contributed by atoms with Gasteiger partial charge in [-0.3, -0.25) is 4.79 Å². The Balaban J connectivity index is 1.52. The Morgan fingerprint density at radius 2 is 2.04 bits per heavy atom. The van der Waals surface area contributed by atoms with Crippen molar-refractivity contribution in [3.63, 3.8) is 0 Å². The molecular weight excluding hydrogens is 418 g/mol. The molecule has 148 valence electrons. The molecule has 1 aromatic carbocycles. The average molecular weight is 438 g/mol. The van der Waals surface area contributed by atoms with Crippen LogP contribution in [-0.4, -0.2) is 53.0 Å². The molecule has 1 N–H and O–H groups in total. The number of carbonyl (C=O) groups excluding carboxylic acids is 1. The summed E-state index contributed by atoms with van der Waals surface area (Å²) < 4.78 is 26.3. The first kappa shape index (κ1) is 20.6. The highest BCUT2D eigenvalue weighted by Crippen LogP contribution is 2.18. The van der Waals surface area contributed by atoms with Crippen LogP contribution in [0.2, 0.25) is 0 Å². The summed E-state index contributed by atoms with van der Waals surface area (Å²) in [4.78, 5) is 13.6. The average Bonchev–Trinajstić information content (AvgIpc) is 3.32. The monoisotopic (exact) mass is 437 g/mol. The number of tetrazole rings is 1. The predicted molar refractivity (Wildman–Crippen MR) is 109 cm³/mol. The normalized spacial score (nSPS) is 11.6. The molecule has 0 fully saturated rings. The van der Waals surface area contributed by atoms with Crippen LogP contribution in [0.1, 0.15) is 20.8 Å². The van der Waals surface area contributed by atoms with Crippen molar-refractivity contribution >= 4 is 38.9 Å². The molecule has 11 heteroatoms. The standard InChI is InChI=1S/C17H19N5O3S3/c1-28(24,25)18-9-8-13-4-6-14(7-5-13)16(23)12-27-17-19-20-21-22(17)11-15-3-2-10-26-15/h2-7,10,18H,8-9,11-12H2,1H3. The topological polar surface area (TPSA) is 107 Å². The van der Waals surface area contributed by atoms with Crippen molar-refractivity contribution in [2.24, 2.45) is 0 Å². The van der Waals surface area contributed by atoms with Crippen molar-refractivity contribution in [3.05, 3.63) is 57.8 Å². The first-order valence-corrected chi connectivity index (χ1v) is 12.1. The van der Waals surface area contributed by atoms with E-state index >= 15 is 0 Å². The number of sulfonamides is 1. The van der Waals surface area contributed by atoms with E-state index in [0.29, 0.717) is 30.2 Å². The number of aromatic nitrogens is 4. The molecule has 0 aliphatic heterocycles. The van der Waals surface area contributed by atoms with Gasteiger partial charge in [0.05, 0.1) is 18.6 Å². The fraction of sp³-hybridized carbons (Fsp3) is 0.294. The van der Waals surface area contributed by atoms with Gasteiger partial charge in [-0.15, -0.1) is 16.4 Å². The molecule has 2 aromatic heterocycles. The maximum absolute atomic E-state index is 12.4. The highest BCUT2D eigenvalue weighted by Gasteiger charge is 2.12. The Labute approximate surface area is 171 Å². The van der Waals surface area contributed by atoms with Crippen LogP contribution in [0, 0.1) is 0 Å². The van der Waals surface area contributed by atoms with Crippen molar-refractivity contribution in [2.75, 3.05) is 18.6 Å². The molecule has 2 heterocycles. The van der Waals surface area contributed by atoms with E-state index in [1.165, 1.54) is 11.8 Å². The van der Waals surface area contributed by atoms with Gasteiger partial charge < -0.3 is 0 Å². The molecule has 0 amide bonds. The maximum Gasteiger partial charge on any atom is 0.210 e. The predicted octanol–water partition coefficient (Wildman–Crippen LogP) is 1.85. The third kappa shape index (κ3) is 6.23. The number of nitrogens with one attached hydrogen (secondary N) is 1. The summed E-state index contributed by atoms with van der Waals surface area (Å²) >= 11 is 2.93. The van der Waals surface area contributed by atoms with E-state index in [4.69, 9.17) is 0 Å². The summed E-state index contributed by atoms with van der Waals surface area (Å²) in [6, 6.07) is 11.2. The quantitative estimate of drug-likeness (QED) is 0.381. The molecular formula is C17H19N5O3S3. The Morgan fingerprint density at radius 3 is 2.71 bits per heavy atom. The first-order valence-electron chi connectivity index (χ1n) is 8.39. The van der Waals surface area contributed by atoms with Gasteiger partial charge >= 0.3 is 0 Å². The second-order valence-corrected chi connectivity index (χ2v) is 9.83. The Morgan fingerprint density at radius 1 is 1.25 bits per heavy atom. The van der Waals surface area contributed by atoms with Crippen molar-refractivity contribution in [1.82, 2.24) is 24.9 Å². The molecule has 0 radical (unpaired) electrons. The number of nitrogens with zero attached hydrogens (tertiary/aromatic N) is 4. The van der Waals surface area contributed by atoms with E-state index in [-0.39, 0.29) is 11.5 Å². The fourth-order valence-corrected chi connectivity index (χ4v) is 4.33. The Kier molecular flexibility index (Phi) is 6.94. The second-order valence-electron chi connectivity index (χ2n) is 6.02. The van der Waals surface area contributed by atoms with E-state index in [0.717, 1.165) is 16.7 Å². The zero-order chi connectivity index (χ0) is 20.0. The number of ketones is 1. The van der Waals surface area contributed by atoms with Gasteiger partial charge in [-0.1, -0.05) is 42.1 Å². The molecule has 0 unspecified atom stereocenters. The van der Waals surface area contributed by atoms with Crippen LogP contribution in [0.3, 0.4) is 0 Å². The lowest BCUT2D eigenvalue weighted by molar-refractivity contribution is 0.102. The molecule has 3 rings (SSSR count). The third-order valence-corrected chi connectivity index (χ3v) is 6.32. The minimum atomic E-state index is -3.19. The molecule has 0 saturated carbocycles. The van der Waals surface area contributed by atoms with Gasteiger partial charge in [0.1, 0.15) is 0 Å². The van der Waals surface area contributed by atoms with Crippen molar-refractivity contribution < 1.29 is 13.2 Å². The minimum absolute atomic E-state index is 0.0171. The molecule has 0 saturated heterocycles. The number of carbonyl (C=O) groups is 1. The van der Waals surface area contributed by atoms with Gasteiger partial charge in [-0.05, 0) is 33.9 Å². The molecule has 0 aliphatic carbocycles. The highest BCUT2D eigenvalue weighted by molar-refractivity contribution is 7.99. The lowest BCUT2D eigenvalue weighted by Gasteiger charge is -2.05. The summed E-state index contributed by atoms with van der Waals surface area (Å²) in [7, 11) is -3.19. The number of thiophene rings is 1. The van der Waals surface area contributed by atoms with E-state index in [1.807, 2.05) is 29.6 Å². The van der Waals surface area contributed by atoms with Gasteiger partial charge in [0.15, 0.2) is 5.78 Å². The number of rotatable bonds is 10. The summed E-state index contributed by atoms with van der Waals surface area (Å²) in [5, 5.41) is 14.3. The number of thioether (sulfide) groups is 1. The van der Waals surface area contributed by atoms with Crippen LogP contribution in [-0.2, 0) is 23.0 Å². The van der Waals surface area contributed by atoms with Crippen LogP contribution >= 0.6 is 23.1 Å². The lowest BCUT2D eigenvalue weighted by atomic mass is 10.1. The van der Waals surface area contributed by atoms with E-state index in [1.54, 1.807) is 28.2 Å². The number of Topliss-reactive ketones (excluding diaryl/α,β-unsaturated/α-hetero) is 1. The van der Waals surface area contributed by atoms with Gasteiger partial charge in [-0.25, -0.2) is 17.8 Å². The van der Waals surface area contributed by atoms with Crippen molar-refractivity contribution in [1.29, 1.82) is 0 Å². The summed E-state index contributed by atoms with van der Waals surface area (Å²) in [6.45, 7) is 0.909. The summed E-state index contributed by atoms with van der Waals surface area (Å²) in [6.07, 6.45) is 1.69. The largest absolute Gasteiger partial charge is 0.293 e. The zero-order valence-electron chi connectivity index (χ0n) is 15.1. The van der Waals surface area contributed by atoms with E-state index < -0.39 is 10.0 Å². The number of hydrogen-bond acceptors (Lipinski definition) is 8. The van der Waals surface area contributed by atoms with E-state index in [9.17, 15) is 13.2 Å². The molecule has 3 aromatic rings. The van der Waals surface area contributed by atoms with Crippen LogP contribution in [0.4, 0.5) is 0 Å². The summed E-state index contributed by atoms with van der Waals surface area (Å²) in [5.41, 5.74) is 1.56. The van der Waals surface area contributed by atoms with Gasteiger partial charge in [0, 0.05) is 17.0 Å². The van der Waals surface area contributed by atoms with Crippen LogP contribution < -0.4 is 4.72 Å². The fourth-order valence-electron chi connectivity index (χ4n) is 2.40. The van der Waals surface area contributed by atoms with Crippen LogP contribution in [0.25, 0.3) is 0 Å². The van der Waals surface area contributed by atoms with Gasteiger partial charge in [0.25, 0.3) is 0 Å². The number of hydrogen-bond donors (Lipinski definition) is 1. The SMILES string of the molecule is CS(=O)(=O)NCCc1ccc(C(=O)CSc2nnnn2Cc2cccs2)cc1. The first-order chi connectivity index (χ1) is 13.4. The number of benzene rings is 1. The summed E-state index contributed by atoms with van der Waals surface area (Å²) in [5.74, 6) is 0.219. The Bertz CT molecular complexity index is 1010. The smallest absolute Gasteiger partial charge is 0.210 e. The zero-order valence-corrected chi connectivity index (χ0v) is 17.6. The van der Waals surface area contributed by atoms with E-state index in [2.05, 4.69) is 20.2 Å². The molecule has 0 aliphatic rings. The highest BCUT2D eigenvalue weighted by atomic mass is 32.2. The van der Waals surface area contributed by atoms with Crippen molar-refractivity contribution in [3.8, 4) is 0 Å². The Hall–Kier alpha value is -2.08. The van der Waals surface area contributed by atoms with Gasteiger partial charge in [0.2, 0.25) is 15.2 Å². The van der Waals surface area contributed by atoms with Crippen LogP contribution in [0.15, 0.2) is 46.9 Å². The molecule has 28 heavy (non-hydrogen) atoms. The second kappa shape index (κ2) is 9.41. The molecule has 0 bridgehead atoms.